The molecule has 1 aliphatic carbocycles. The molecular weight excluding hydrogens is 387 g/mol. The van der Waals surface area contributed by atoms with Gasteiger partial charge in [-0.25, -0.2) is 0 Å². The number of hydrogen-bond donors (Lipinski definition) is 1. The number of rotatable bonds is 4. The molecule has 1 amide bonds. The van der Waals surface area contributed by atoms with E-state index >= 15 is 0 Å². The Bertz CT molecular complexity index is 636. The van der Waals surface area contributed by atoms with Gasteiger partial charge in [0.2, 0.25) is 5.91 Å². The van der Waals surface area contributed by atoms with E-state index in [4.69, 9.17) is 35.8 Å². The number of hydrogen-bond acceptors (Lipinski definition) is 3. The molecule has 6 heteroatoms. The van der Waals surface area contributed by atoms with Gasteiger partial charge < -0.3 is 4.90 Å². The molecule has 2 fully saturated rings. The van der Waals surface area contributed by atoms with Crippen molar-refractivity contribution in [2.75, 3.05) is 20.1 Å². The lowest BCUT2D eigenvalue weighted by molar-refractivity contribution is -0.132. The topological polar surface area (TPSA) is 23.6 Å². The van der Waals surface area contributed by atoms with Crippen molar-refractivity contribution in [2.45, 2.75) is 62.3 Å². The number of amides is 1. The second-order valence-electron chi connectivity index (χ2n) is 7.58. The summed E-state index contributed by atoms with van der Waals surface area (Å²) in [7, 11) is 1.96. The summed E-state index contributed by atoms with van der Waals surface area (Å²) >= 11 is 17.0. The first-order valence-electron chi connectivity index (χ1n) is 9.59. The predicted molar refractivity (Wildman–Crippen MR) is 113 cm³/mol. The van der Waals surface area contributed by atoms with Gasteiger partial charge in [0.15, 0.2) is 0 Å². The minimum Gasteiger partial charge on any atom is -0.341 e. The second-order valence-corrected chi connectivity index (χ2v) is 9.06. The molecule has 1 heterocycles. The number of carbonyl (C=O) groups is 1. The number of likely N-dealkylation sites (N-methyl/N-ethyl adjacent to an activating group) is 1. The Morgan fingerprint density at radius 3 is 2.54 bits per heavy atom. The van der Waals surface area contributed by atoms with Crippen molar-refractivity contribution in [1.29, 1.82) is 0 Å². The van der Waals surface area contributed by atoms with Crippen LogP contribution in [0.5, 0.6) is 0 Å². The molecule has 26 heavy (non-hydrogen) atoms. The molecule has 1 aliphatic heterocycles. The van der Waals surface area contributed by atoms with Crippen LogP contribution in [-0.2, 0) is 11.2 Å². The van der Waals surface area contributed by atoms with Crippen LogP contribution in [0.15, 0.2) is 18.2 Å². The largest absolute Gasteiger partial charge is 0.341 e. The fraction of sp³-hybridized carbons (Fsp3) is 0.650. The molecule has 3 rings (SSSR count). The van der Waals surface area contributed by atoms with Gasteiger partial charge in [0, 0.05) is 24.4 Å². The van der Waals surface area contributed by atoms with E-state index in [1.54, 1.807) is 12.1 Å². The van der Waals surface area contributed by atoms with Gasteiger partial charge in [-0.05, 0) is 56.5 Å². The van der Waals surface area contributed by atoms with Gasteiger partial charge in [-0.1, -0.05) is 42.1 Å². The number of halogens is 2. The maximum atomic E-state index is 13.0. The molecule has 1 aromatic carbocycles. The van der Waals surface area contributed by atoms with Crippen molar-refractivity contribution in [3.63, 3.8) is 0 Å². The van der Waals surface area contributed by atoms with Crippen LogP contribution < -0.4 is 0 Å². The normalized spacial score (nSPS) is 27.3. The van der Waals surface area contributed by atoms with Crippen molar-refractivity contribution in [3.8, 4) is 0 Å². The molecule has 3 unspecified atom stereocenters. The monoisotopic (exact) mass is 414 g/mol. The highest BCUT2D eigenvalue weighted by Gasteiger charge is 2.38. The second kappa shape index (κ2) is 9.18. The summed E-state index contributed by atoms with van der Waals surface area (Å²) in [6, 6.07) is 6.02. The van der Waals surface area contributed by atoms with E-state index in [-0.39, 0.29) is 11.9 Å². The number of carbonyl (C=O) groups excluding carboxylic acids is 1. The lowest BCUT2D eigenvalue weighted by Crippen LogP contribution is -2.55. The summed E-state index contributed by atoms with van der Waals surface area (Å²) in [5.41, 5.74) is 0.907. The van der Waals surface area contributed by atoms with Crippen LogP contribution in [0, 0.1) is 0 Å². The van der Waals surface area contributed by atoms with Gasteiger partial charge in [0.25, 0.3) is 0 Å². The number of nitrogens with zero attached hydrogens (tertiary/aromatic N) is 2. The fourth-order valence-electron chi connectivity index (χ4n) is 4.39. The molecule has 0 aromatic heterocycles. The van der Waals surface area contributed by atoms with Crippen LogP contribution in [0.2, 0.25) is 10.0 Å². The molecule has 3 nitrogen and oxygen atoms in total. The molecule has 2 aliphatic rings. The molecule has 0 radical (unpaired) electrons. The van der Waals surface area contributed by atoms with Gasteiger partial charge in [-0.15, -0.1) is 0 Å². The zero-order chi connectivity index (χ0) is 18.7. The van der Waals surface area contributed by atoms with Crippen molar-refractivity contribution in [1.82, 2.24) is 9.80 Å². The minimum absolute atomic E-state index is 0.139. The third-order valence-corrected chi connectivity index (χ3v) is 7.13. The van der Waals surface area contributed by atoms with Crippen LogP contribution in [0.1, 0.15) is 44.1 Å². The zero-order valence-corrected chi connectivity index (χ0v) is 17.7. The van der Waals surface area contributed by atoms with Crippen LogP contribution >= 0.6 is 35.8 Å². The summed E-state index contributed by atoms with van der Waals surface area (Å²) in [5.74, 6) is 0.139. The third kappa shape index (κ3) is 4.70. The molecule has 1 saturated heterocycles. The fourth-order valence-corrected chi connectivity index (χ4v) is 5.28. The highest BCUT2D eigenvalue weighted by Crippen LogP contribution is 2.31. The molecule has 0 bridgehead atoms. The summed E-state index contributed by atoms with van der Waals surface area (Å²) in [5, 5.41) is 1.35. The van der Waals surface area contributed by atoms with E-state index in [0.29, 0.717) is 27.8 Å². The van der Waals surface area contributed by atoms with Gasteiger partial charge in [0.05, 0.1) is 16.5 Å². The van der Waals surface area contributed by atoms with Crippen LogP contribution in [-0.4, -0.2) is 53.2 Å². The molecular formula is C20H28Cl2N2OS. The van der Waals surface area contributed by atoms with E-state index < -0.39 is 0 Å². The van der Waals surface area contributed by atoms with E-state index in [2.05, 4.69) is 4.90 Å². The highest BCUT2D eigenvalue weighted by atomic mass is 35.5. The van der Waals surface area contributed by atoms with Gasteiger partial charge in [-0.2, -0.15) is 12.6 Å². The Morgan fingerprint density at radius 1 is 1.15 bits per heavy atom. The summed E-state index contributed by atoms with van der Waals surface area (Å²) in [4.78, 5) is 17.5. The van der Waals surface area contributed by atoms with Crippen LogP contribution in [0.25, 0.3) is 0 Å². The third-order valence-electron chi connectivity index (χ3n) is 5.83. The SMILES string of the molecule is CN(C(=O)Cc1ccc(Cl)c(Cl)c1)C1CCCCC(S)C1N1CCCC1. The minimum atomic E-state index is 0.139. The lowest BCUT2D eigenvalue weighted by atomic mass is 9.98. The van der Waals surface area contributed by atoms with E-state index in [1.807, 2.05) is 18.0 Å². The van der Waals surface area contributed by atoms with Gasteiger partial charge >= 0.3 is 0 Å². The Morgan fingerprint density at radius 2 is 1.85 bits per heavy atom. The molecule has 1 saturated carbocycles. The smallest absolute Gasteiger partial charge is 0.227 e. The van der Waals surface area contributed by atoms with E-state index in [9.17, 15) is 4.79 Å². The molecule has 0 spiro atoms. The van der Waals surface area contributed by atoms with Crippen molar-refractivity contribution >= 4 is 41.7 Å². The number of thiol groups is 1. The average Bonchev–Trinajstić information content (AvgIpc) is 3.07. The Kier molecular flexibility index (Phi) is 7.18. The zero-order valence-electron chi connectivity index (χ0n) is 15.3. The van der Waals surface area contributed by atoms with Crippen molar-refractivity contribution < 1.29 is 4.79 Å². The first-order valence-corrected chi connectivity index (χ1v) is 10.9. The predicted octanol–water partition coefficient (Wildman–Crippen LogP) is 4.70. The molecule has 0 N–H and O–H groups in total. The average molecular weight is 415 g/mol. The Balaban J connectivity index is 1.74. The van der Waals surface area contributed by atoms with Crippen molar-refractivity contribution in [3.05, 3.63) is 33.8 Å². The first kappa shape index (κ1) is 20.3. The van der Waals surface area contributed by atoms with E-state index in [0.717, 1.165) is 37.9 Å². The number of likely N-dealkylation sites (tertiary alicyclic amines) is 1. The molecule has 1 aromatic rings. The Hall–Kier alpha value is -0.420. The lowest BCUT2D eigenvalue weighted by Gasteiger charge is -2.41. The Labute approximate surface area is 172 Å². The quantitative estimate of drug-likeness (QED) is 0.569. The van der Waals surface area contributed by atoms with Gasteiger partial charge in [-0.3, -0.25) is 9.69 Å². The summed E-state index contributed by atoms with van der Waals surface area (Å²) < 4.78 is 0. The molecule has 144 valence electrons. The first-order chi connectivity index (χ1) is 12.5. The van der Waals surface area contributed by atoms with Crippen LogP contribution in [0.3, 0.4) is 0 Å². The standard InChI is InChI=1S/C20H28Cl2N2OS/c1-23(19(25)13-14-8-9-15(21)16(22)12-14)17-6-2-3-7-18(26)20(17)24-10-4-5-11-24/h8-9,12,17-18,20,26H,2-7,10-11,13H2,1H3. The molecule has 3 atom stereocenters. The van der Waals surface area contributed by atoms with E-state index in [1.165, 1.54) is 19.3 Å². The maximum Gasteiger partial charge on any atom is 0.227 e. The summed E-state index contributed by atoms with van der Waals surface area (Å²) in [6.07, 6.45) is 7.42. The highest BCUT2D eigenvalue weighted by molar-refractivity contribution is 7.81. The summed E-state index contributed by atoms with van der Waals surface area (Å²) in [6.45, 7) is 2.26. The van der Waals surface area contributed by atoms with Crippen molar-refractivity contribution in [2.24, 2.45) is 0 Å². The van der Waals surface area contributed by atoms with Crippen LogP contribution in [0.4, 0.5) is 0 Å². The maximum absolute atomic E-state index is 13.0. The number of benzene rings is 1. The van der Waals surface area contributed by atoms with Gasteiger partial charge in [0.1, 0.15) is 0 Å².